The van der Waals surface area contributed by atoms with Crippen LogP contribution >= 0.6 is 11.3 Å². The van der Waals surface area contributed by atoms with Crippen LogP contribution in [0.1, 0.15) is 84.7 Å². The molecule has 0 spiro atoms. The first kappa shape index (κ1) is 26.6. The summed E-state index contributed by atoms with van der Waals surface area (Å²) in [6.45, 7) is 12.0. The largest absolute Gasteiger partial charge is 0.352 e. The standard InChI is InChI=1S/C28H41N5O2S/c1-5-29-28(35)33(17-22-11-15-36-18-22)24-9-13-32(14-10-24)20(3)8-12-30-27(34)26-19(2)16-25(23-6-7-23)31-21(26)4/h11,15-16,18,20,23-24H,5-10,12-14,17H2,1-4H3,(H,29,35)(H,30,34). The maximum atomic E-state index is 12.9. The minimum atomic E-state index is -0.0169. The summed E-state index contributed by atoms with van der Waals surface area (Å²) in [5, 5.41) is 10.3. The van der Waals surface area contributed by atoms with Crippen LogP contribution in [0, 0.1) is 13.8 Å². The summed E-state index contributed by atoms with van der Waals surface area (Å²) < 4.78 is 0. The van der Waals surface area contributed by atoms with Crippen LogP contribution in [0.2, 0.25) is 0 Å². The fourth-order valence-electron chi connectivity index (χ4n) is 5.30. The molecule has 3 heterocycles. The number of likely N-dealkylation sites (tertiary alicyclic amines) is 1. The van der Waals surface area contributed by atoms with Gasteiger partial charge in [-0.15, -0.1) is 0 Å². The molecule has 36 heavy (non-hydrogen) atoms. The van der Waals surface area contributed by atoms with Crippen LogP contribution in [0.5, 0.6) is 0 Å². The second kappa shape index (κ2) is 12.2. The summed E-state index contributed by atoms with van der Waals surface area (Å²) in [5.74, 6) is 0.574. The number of pyridine rings is 1. The van der Waals surface area contributed by atoms with Gasteiger partial charge < -0.3 is 20.4 Å². The van der Waals surface area contributed by atoms with Crippen molar-refractivity contribution in [1.82, 2.24) is 25.4 Å². The monoisotopic (exact) mass is 511 g/mol. The number of rotatable bonds is 10. The Balaban J connectivity index is 1.25. The Morgan fingerprint density at radius 2 is 1.94 bits per heavy atom. The van der Waals surface area contributed by atoms with Crippen LogP contribution in [0.4, 0.5) is 4.79 Å². The van der Waals surface area contributed by atoms with Gasteiger partial charge in [-0.05, 0) is 93.8 Å². The highest BCUT2D eigenvalue weighted by atomic mass is 32.1. The second-order valence-electron chi connectivity index (χ2n) is 10.4. The SMILES string of the molecule is CCNC(=O)N(Cc1ccsc1)C1CCN(C(C)CCNC(=O)c2c(C)cc(C3CC3)nc2C)CC1. The minimum absolute atomic E-state index is 0.0169. The molecule has 4 rings (SSSR count). The van der Waals surface area contributed by atoms with Gasteiger partial charge in [0.25, 0.3) is 5.91 Å². The van der Waals surface area contributed by atoms with E-state index >= 15 is 0 Å². The van der Waals surface area contributed by atoms with Crippen molar-refractivity contribution in [1.29, 1.82) is 0 Å². The lowest BCUT2D eigenvalue weighted by Crippen LogP contribution is -2.51. The highest BCUT2D eigenvalue weighted by molar-refractivity contribution is 7.07. The maximum absolute atomic E-state index is 12.9. The maximum Gasteiger partial charge on any atom is 0.317 e. The lowest BCUT2D eigenvalue weighted by Gasteiger charge is -2.40. The molecule has 1 saturated carbocycles. The summed E-state index contributed by atoms with van der Waals surface area (Å²) in [6.07, 6.45) is 5.26. The van der Waals surface area contributed by atoms with E-state index in [1.807, 2.05) is 25.7 Å². The fourth-order valence-corrected chi connectivity index (χ4v) is 5.96. The third-order valence-corrected chi connectivity index (χ3v) is 8.30. The van der Waals surface area contributed by atoms with Crippen LogP contribution < -0.4 is 10.6 Å². The summed E-state index contributed by atoms with van der Waals surface area (Å²) in [6, 6.07) is 4.84. The number of aryl methyl sites for hydroxylation is 2. The fraction of sp³-hybridized carbons (Fsp3) is 0.607. The number of urea groups is 1. The van der Waals surface area contributed by atoms with Gasteiger partial charge in [0.15, 0.2) is 0 Å². The van der Waals surface area contributed by atoms with Crippen LogP contribution in [-0.2, 0) is 6.54 Å². The predicted octanol–water partition coefficient (Wildman–Crippen LogP) is 4.84. The number of nitrogens with zero attached hydrogens (tertiary/aromatic N) is 3. The highest BCUT2D eigenvalue weighted by Gasteiger charge is 2.30. The average molecular weight is 512 g/mol. The van der Waals surface area contributed by atoms with Gasteiger partial charge >= 0.3 is 6.03 Å². The predicted molar refractivity (Wildman–Crippen MR) is 146 cm³/mol. The molecule has 8 heteroatoms. The Morgan fingerprint density at radius 3 is 2.56 bits per heavy atom. The Kier molecular flexibility index (Phi) is 9.01. The lowest BCUT2D eigenvalue weighted by atomic mass is 10.0. The van der Waals surface area contributed by atoms with E-state index in [0.717, 1.165) is 54.9 Å². The first-order valence-electron chi connectivity index (χ1n) is 13.4. The molecule has 2 aliphatic rings. The number of hydrogen-bond donors (Lipinski definition) is 2. The van der Waals surface area contributed by atoms with E-state index in [0.29, 0.717) is 31.6 Å². The van der Waals surface area contributed by atoms with E-state index in [-0.39, 0.29) is 18.0 Å². The molecule has 2 aromatic rings. The van der Waals surface area contributed by atoms with Crippen molar-refractivity contribution in [2.24, 2.45) is 0 Å². The van der Waals surface area contributed by atoms with Crippen molar-refractivity contribution in [3.8, 4) is 0 Å². The molecule has 0 bridgehead atoms. The number of carbonyl (C=O) groups is 2. The molecule has 196 valence electrons. The Bertz CT molecular complexity index is 1010. The smallest absolute Gasteiger partial charge is 0.317 e. The third kappa shape index (κ3) is 6.65. The zero-order valence-electron chi connectivity index (χ0n) is 22.2. The van der Waals surface area contributed by atoms with Crippen LogP contribution in [0.25, 0.3) is 0 Å². The minimum Gasteiger partial charge on any atom is -0.352 e. The van der Waals surface area contributed by atoms with Crippen molar-refractivity contribution < 1.29 is 9.59 Å². The third-order valence-electron chi connectivity index (χ3n) is 7.57. The van der Waals surface area contributed by atoms with Crippen molar-refractivity contribution in [2.75, 3.05) is 26.2 Å². The number of piperidine rings is 1. The van der Waals surface area contributed by atoms with Crippen molar-refractivity contribution in [3.63, 3.8) is 0 Å². The molecule has 0 aromatic carbocycles. The van der Waals surface area contributed by atoms with E-state index in [1.165, 1.54) is 18.4 Å². The second-order valence-corrected chi connectivity index (χ2v) is 11.1. The zero-order chi connectivity index (χ0) is 25.7. The average Bonchev–Trinajstić information content (AvgIpc) is 3.58. The van der Waals surface area contributed by atoms with Gasteiger partial charge in [-0.1, -0.05) is 0 Å². The molecular weight excluding hydrogens is 470 g/mol. The molecule has 7 nitrogen and oxygen atoms in total. The summed E-state index contributed by atoms with van der Waals surface area (Å²) in [4.78, 5) is 34.9. The number of carbonyl (C=O) groups excluding carboxylic acids is 2. The van der Waals surface area contributed by atoms with E-state index < -0.39 is 0 Å². The van der Waals surface area contributed by atoms with Gasteiger partial charge in [0, 0.05) is 56.4 Å². The molecule has 2 fully saturated rings. The molecule has 2 N–H and O–H groups in total. The molecule has 3 amide bonds. The first-order chi connectivity index (χ1) is 17.4. The van der Waals surface area contributed by atoms with E-state index in [1.54, 1.807) is 11.3 Å². The van der Waals surface area contributed by atoms with Gasteiger partial charge in [-0.3, -0.25) is 9.78 Å². The number of thiophene rings is 1. The van der Waals surface area contributed by atoms with Gasteiger partial charge in [0.05, 0.1) is 11.3 Å². The quantitative estimate of drug-likeness (QED) is 0.478. The van der Waals surface area contributed by atoms with Gasteiger partial charge in [-0.25, -0.2) is 4.79 Å². The highest BCUT2D eigenvalue weighted by Crippen LogP contribution is 2.39. The summed E-state index contributed by atoms with van der Waals surface area (Å²) in [5.41, 5.74) is 4.92. The summed E-state index contributed by atoms with van der Waals surface area (Å²) >= 11 is 1.67. The van der Waals surface area contributed by atoms with Crippen LogP contribution in [-0.4, -0.2) is 65.0 Å². The molecular formula is C28H41N5O2S. The molecule has 1 aliphatic heterocycles. The molecule has 1 aliphatic carbocycles. The van der Waals surface area contributed by atoms with Crippen molar-refractivity contribution >= 4 is 23.3 Å². The van der Waals surface area contributed by atoms with Gasteiger partial charge in [0.1, 0.15) is 0 Å². The van der Waals surface area contributed by atoms with Gasteiger partial charge in [-0.2, -0.15) is 11.3 Å². The number of nitrogens with one attached hydrogen (secondary N) is 2. The van der Waals surface area contributed by atoms with Crippen LogP contribution in [0.15, 0.2) is 22.9 Å². The Morgan fingerprint density at radius 1 is 1.19 bits per heavy atom. The normalized spacial score (nSPS) is 17.6. The molecule has 1 atom stereocenters. The number of aromatic nitrogens is 1. The molecule has 0 radical (unpaired) electrons. The Labute approximate surface area is 219 Å². The molecule has 1 saturated heterocycles. The van der Waals surface area contributed by atoms with Crippen molar-refractivity contribution in [2.45, 2.75) is 84.3 Å². The van der Waals surface area contributed by atoms with Gasteiger partial charge in [0.2, 0.25) is 0 Å². The number of hydrogen-bond acceptors (Lipinski definition) is 5. The summed E-state index contributed by atoms with van der Waals surface area (Å²) in [7, 11) is 0. The first-order valence-corrected chi connectivity index (χ1v) is 14.4. The van der Waals surface area contributed by atoms with E-state index in [9.17, 15) is 9.59 Å². The topological polar surface area (TPSA) is 77.6 Å². The van der Waals surface area contributed by atoms with E-state index in [2.05, 4.69) is 45.4 Å². The van der Waals surface area contributed by atoms with Crippen LogP contribution in [0.3, 0.4) is 0 Å². The number of amides is 3. The van der Waals surface area contributed by atoms with E-state index in [4.69, 9.17) is 4.98 Å². The van der Waals surface area contributed by atoms with Crippen molar-refractivity contribution in [3.05, 3.63) is 51.0 Å². The Hall–Kier alpha value is -2.45. The lowest BCUT2D eigenvalue weighted by molar-refractivity contribution is 0.0905. The zero-order valence-corrected chi connectivity index (χ0v) is 23.0. The molecule has 2 aromatic heterocycles. The molecule has 1 unspecified atom stereocenters.